The lowest BCUT2D eigenvalue weighted by Crippen LogP contribution is -2.27. The van der Waals surface area contributed by atoms with Crippen LogP contribution in [-0.4, -0.2) is 42.6 Å². The van der Waals surface area contributed by atoms with E-state index in [9.17, 15) is 13.2 Å². The van der Waals surface area contributed by atoms with Crippen molar-refractivity contribution in [1.82, 2.24) is 9.97 Å². The van der Waals surface area contributed by atoms with Gasteiger partial charge >= 0.3 is 0 Å². The second-order valence-corrected chi connectivity index (χ2v) is 14.5. The zero-order chi connectivity index (χ0) is 32.1. The second-order valence-electron chi connectivity index (χ2n) is 12.5. The molecule has 0 N–H and O–H groups in total. The number of hydrogen-bond acceptors (Lipinski definition) is 8. The van der Waals surface area contributed by atoms with Crippen LogP contribution in [0.5, 0.6) is 11.6 Å². The maximum Gasteiger partial charge on any atom is 0.214 e. The molecule has 0 aliphatic carbocycles. The Kier molecular flexibility index (Phi) is 7.87. The molecule has 8 nitrogen and oxygen atoms in total. The Bertz CT molecular complexity index is 2050. The van der Waals surface area contributed by atoms with Crippen LogP contribution in [0, 0.1) is 6.92 Å². The van der Waals surface area contributed by atoms with Crippen molar-refractivity contribution in [2.75, 3.05) is 12.9 Å². The van der Waals surface area contributed by atoms with Crippen molar-refractivity contribution >= 4 is 37.4 Å². The maximum absolute atomic E-state index is 13.2. The van der Waals surface area contributed by atoms with E-state index in [0.717, 1.165) is 56.3 Å². The Morgan fingerprint density at radius 3 is 2.49 bits per heavy atom. The summed E-state index contributed by atoms with van der Waals surface area (Å²) in [7, 11) is -3.28. The van der Waals surface area contributed by atoms with E-state index >= 15 is 0 Å². The molecule has 0 radical (unpaired) electrons. The predicted octanol–water partition coefficient (Wildman–Crippen LogP) is 7.12. The van der Waals surface area contributed by atoms with Gasteiger partial charge in [-0.3, -0.25) is 9.78 Å². The minimum Gasteiger partial charge on any atom is -0.493 e. The van der Waals surface area contributed by atoms with Gasteiger partial charge in [-0.25, -0.2) is 13.4 Å². The number of pyridine rings is 2. The molecular formula is C36H36N2O6S. The van der Waals surface area contributed by atoms with E-state index < -0.39 is 21.5 Å². The molecule has 0 bridgehead atoms. The first kappa shape index (κ1) is 30.7. The Morgan fingerprint density at radius 1 is 1.04 bits per heavy atom. The smallest absolute Gasteiger partial charge is 0.214 e. The molecule has 1 atom stereocenters. The number of carbonyl (C=O) groups excluding carboxylic acids is 1. The van der Waals surface area contributed by atoms with Gasteiger partial charge in [0.2, 0.25) is 5.88 Å². The highest BCUT2D eigenvalue weighted by Crippen LogP contribution is 2.45. The summed E-state index contributed by atoms with van der Waals surface area (Å²) < 4.78 is 42.1. The minimum absolute atomic E-state index is 0.0950. The molecule has 45 heavy (non-hydrogen) atoms. The number of Topliss-reactive ketones (excluding diaryl/α,β-unsaturated/α-hetero) is 1. The quantitative estimate of drug-likeness (QED) is 0.180. The molecule has 3 heterocycles. The second kappa shape index (κ2) is 11.5. The lowest BCUT2D eigenvalue weighted by atomic mass is 9.86. The van der Waals surface area contributed by atoms with Gasteiger partial charge < -0.3 is 14.2 Å². The fourth-order valence-electron chi connectivity index (χ4n) is 5.90. The summed E-state index contributed by atoms with van der Waals surface area (Å²) in [6.45, 7) is 10.2. The summed E-state index contributed by atoms with van der Waals surface area (Å²) in [4.78, 5) is 23.2. The lowest BCUT2D eigenvalue weighted by Gasteiger charge is -2.30. The van der Waals surface area contributed by atoms with Crippen molar-refractivity contribution in [2.24, 2.45) is 0 Å². The van der Waals surface area contributed by atoms with E-state index in [1.54, 1.807) is 31.2 Å². The van der Waals surface area contributed by atoms with Crippen LogP contribution in [-0.2, 0) is 32.4 Å². The Hall–Kier alpha value is -4.34. The van der Waals surface area contributed by atoms with Gasteiger partial charge in [0.05, 0.1) is 28.1 Å². The standard InChI is InChI=1S/C36H36N2O6S/c1-21-19-28-26(12-14-30(38-28)43-20-23-7-9-25(10-8-23)45(6,40)41)33(31(21)35(22(2)39)44-36(3,4)5)27-11-13-29-32-24(16-18-42-29)15-17-37-34(27)32/h7-15,17,19,35H,16,18,20H2,1-6H3. The molecule has 0 spiro atoms. The topological polar surface area (TPSA) is 105 Å². The fourth-order valence-corrected chi connectivity index (χ4v) is 6.53. The minimum atomic E-state index is -3.28. The molecular weight excluding hydrogens is 588 g/mol. The van der Waals surface area contributed by atoms with Crippen molar-refractivity contribution in [1.29, 1.82) is 0 Å². The normalized spacial score (nSPS) is 13.9. The third kappa shape index (κ3) is 6.15. The highest BCUT2D eigenvalue weighted by atomic mass is 32.2. The monoisotopic (exact) mass is 624 g/mol. The van der Waals surface area contributed by atoms with Gasteiger partial charge in [0.15, 0.2) is 15.6 Å². The number of aryl methyl sites for hydroxylation is 1. The van der Waals surface area contributed by atoms with Crippen LogP contribution in [0.2, 0.25) is 0 Å². The molecule has 1 unspecified atom stereocenters. The van der Waals surface area contributed by atoms with Gasteiger partial charge in [-0.05, 0) is 105 Å². The van der Waals surface area contributed by atoms with Crippen molar-refractivity contribution in [2.45, 2.75) is 64.2 Å². The molecule has 3 aromatic carbocycles. The third-order valence-electron chi connectivity index (χ3n) is 7.90. The summed E-state index contributed by atoms with van der Waals surface area (Å²) in [5, 5.41) is 1.82. The summed E-state index contributed by atoms with van der Waals surface area (Å²) in [5.41, 5.74) is 6.27. The highest BCUT2D eigenvalue weighted by molar-refractivity contribution is 7.90. The SMILES string of the molecule is CC(=O)C(OC(C)(C)C)c1c(C)cc2nc(OCc3ccc(S(C)(=O)=O)cc3)ccc2c1-c1ccc2c3c(ccnc13)CCO2. The number of rotatable bonds is 8. The predicted molar refractivity (Wildman–Crippen MR) is 175 cm³/mol. The van der Waals surface area contributed by atoms with Gasteiger partial charge in [-0.15, -0.1) is 0 Å². The molecule has 1 aliphatic heterocycles. The van der Waals surface area contributed by atoms with Crippen LogP contribution in [0.25, 0.3) is 32.9 Å². The zero-order valence-corrected chi connectivity index (χ0v) is 27.1. The number of carbonyl (C=O) groups is 1. The van der Waals surface area contributed by atoms with Crippen LogP contribution in [0.4, 0.5) is 0 Å². The number of benzene rings is 3. The lowest BCUT2D eigenvalue weighted by molar-refractivity contribution is -0.138. The number of ketones is 1. The van der Waals surface area contributed by atoms with Gasteiger partial charge in [0.1, 0.15) is 18.5 Å². The molecule has 0 fully saturated rings. The molecule has 5 aromatic rings. The number of sulfone groups is 1. The van der Waals surface area contributed by atoms with Crippen LogP contribution in [0.3, 0.4) is 0 Å². The van der Waals surface area contributed by atoms with Crippen LogP contribution in [0.1, 0.15) is 56.1 Å². The molecule has 1 aliphatic rings. The molecule has 0 amide bonds. The van der Waals surface area contributed by atoms with E-state index in [-0.39, 0.29) is 17.3 Å². The van der Waals surface area contributed by atoms with Gasteiger partial charge in [-0.2, -0.15) is 0 Å². The van der Waals surface area contributed by atoms with Crippen LogP contribution >= 0.6 is 0 Å². The van der Waals surface area contributed by atoms with Crippen LogP contribution < -0.4 is 9.47 Å². The van der Waals surface area contributed by atoms with E-state index in [0.29, 0.717) is 18.0 Å². The molecule has 232 valence electrons. The average molecular weight is 625 g/mol. The van der Waals surface area contributed by atoms with Gasteiger partial charge in [-0.1, -0.05) is 12.1 Å². The number of fused-ring (bicyclic) bond motifs is 1. The maximum atomic E-state index is 13.2. The third-order valence-corrected chi connectivity index (χ3v) is 9.02. The number of aromatic nitrogens is 2. The highest BCUT2D eigenvalue weighted by Gasteiger charge is 2.31. The largest absolute Gasteiger partial charge is 0.493 e. The molecule has 2 aromatic heterocycles. The van der Waals surface area contributed by atoms with E-state index in [4.69, 9.17) is 24.2 Å². The first-order valence-corrected chi connectivity index (χ1v) is 16.8. The van der Waals surface area contributed by atoms with Crippen LogP contribution in [0.15, 0.2) is 71.8 Å². The van der Waals surface area contributed by atoms with E-state index in [1.807, 2.05) is 70.3 Å². The molecule has 0 saturated heterocycles. The number of hydrogen-bond donors (Lipinski definition) is 0. The average Bonchev–Trinajstić information content (AvgIpc) is 2.98. The number of nitrogens with zero attached hydrogens (tertiary/aromatic N) is 2. The Morgan fingerprint density at radius 2 is 1.80 bits per heavy atom. The Labute approximate surface area is 263 Å². The van der Waals surface area contributed by atoms with E-state index in [1.165, 1.54) is 11.8 Å². The summed E-state index contributed by atoms with van der Waals surface area (Å²) in [6, 6.07) is 18.4. The zero-order valence-electron chi connectivity index (χ0n) is 26.3. The number of ether oxygens (including phenoxy) is 3. The molecule has 6 rings (SSSR count). The Balaban J connectivity index is 1.51. The molecule has 0 saturated carbocycles. The van der Waals surface area contributed by atoms with Crippen molar-refractivity contribution < 1.29 is 27.4 Å². The van der Waals surface area contributed by atoms with Gasteiger partial charge in [0.25, 0.3) is 0 Å². The summed E-state index contributed by atoms with van der Waals surface area (Å²) >= 11 is 0. The summed E-state index contributed by atoms with van der Waals surface area (Å²) in [6.07, 6.45) is 2.99. The first-order chi connectivity index (χ1) is 21.3. The molecule has 9 heteroatoms. The van der Waals surface area contributed by atoms with Crippen molar-refractivity contribution in [3.63, 3.8) is 0 Å². The fraction of sp³-hybridized carbons (Fsp3) is 0.306. The van der Waals surface area contributed by atoms with Crippen molar-refractivity contribution in [3.05, 3.63) is 89.1 Å². The van der Waals surface area contributed by atoms with E-state index in [2.05, 4.69) is 0 Å². The first-order valence-electron chi connectivity index (χ1n) is 14.9. The van der Waals surface area contributed by atoms with Crippen molar-refractivity contribution in [3.8, 4) is 22.8 Å². The van der Waals surface area contributed by atoms with Gasteiger partial charge in [0, 0.05) is 41.3 Å². The summed E-state index contributed by atoms with van der Waals surface area (Å²) in [5.74, 6) is 1.13.